The predicted octanol–water partition coefficient (Wildman–Crippen LogP) is 22.7. The summed E-state index contributed by atoms with van der Waals surface area (Å²) in [5, 5.41) is 10.6. The summed E-state index contributed by atoms with van der Waals surface area (Å²) < 4.78 is 68.5. The van der Waals surface area contributed by atoms with Crippen molar-refractivity contribution in [3.63, 3.8) is 0 Å². The van der Waals surface area contributed by atoms with Gasteiger partial charge in [-0.1, -0.05) is 350 Å². The van der Waals surface area contributed by atoms with Crippen molar-refractivity contribution in [1.29, 1.82) is 0 Å². The van der Waals surface area contributed by atoms with E-state index in [1.807, 2.05) is 0 Å². The van der Waals surface area contributed by atoms with Crippen LogP contribution in [0.3, 0.4) is 0 Å². The summed E-state index contributed by atoms with van der Waals surface area (Å²) in [6, 6.07) is 0. The summed E-state index contributed by atoms with van der Waals surface area (Å²) in [5.41, 5.74) is 0. The van der Waals surface area contributed by atoms with Gasteiger partial charge >= 0.3 is 39.5 Å². The number of unbranched alkanes of at least 4 members (excludes halogenated alkanes) is 46. The molecule has 3 N–H and O–H groups in total. The van der Waals surface area contributed by atoms with Gasteiger partial charge in [-0.05, 0) is 37.5 Å². The van der Waals surface area contributed by atoms with Gasteiger partial charge in [0.1, 0.15) is 19.3 Å². The lowest BCUT2D eigenvalue weighted by Gasteiger charge is -2.21. The molecule has 0 spiro atoms. The molecule has 0 aliphatic heterocycles. The largest absolute Gasteiger partial charge is 0.472 e. The third-order valence-electron chi connectivity index (χ3n) is 18.0. The summed E-state index contributed by atoms with van der Waals surface area (Å²) in [4.78, 5) is 72.8. The van der Waals surface area contributed by atoms with Crippen molar-refractivity contribution in [3.8, 4) is 0 Å². The van der Waals surface area contributed by atoms with E-state index in [9.17, 15) is 43.2 Å². The average Bonchev–Trinajstić information content (AvgIpc) is 1.90. The smallest absolute Gasteiger partial charge is 0.462 e. The standard InChI is InChI=1S/C77H150O17P2/c1-7-9-11-13-15-17-19-21-22-23-24-25-26-27-28-29-31-37-43-50-56-62-77(82)93-72(65-87-74(79)59-53-47-41-35-33-32-34-39-45-51-57-69(3)4)67-91-95(83,84)89-63-71(78)64-90-96(85,86)92-68-73(66-88-75(80)60-54-48-44-38-40-46-52-58-70(5)6)94-76(81)61-55-49-42-36-30-20-18-16-14-12-10-8-2/h69-73,78H,7-68H2,1-6H3,(H,83,84)(H,85,86)/t71-,72-,73-/m1/s1. The monoisotopic (exact) mass is 1410 g/mol. The van der Waals surface area contributed by atoms with E-state index >= 15 is 0 Å². The van der Waals surface area contributed by atoms with E-state index in [4.69, 9.17) is 37.0 Å². The van der Waals surface area contributed by atoms with E-state index in [1.54, 1.807) is 0 Å². The van der Waals surface area contributed by atoms with E-state index < -0.39 is 97.5 Å². The minimum absolute atomic E-state index is 0.107. The SMILES string of the molecule is CCCCCCCCCCCCCCCCCCCCCCCC(=O)O[C@H](COC(=O)CCCCCCCCCCCCC(C)C)COP(=O)(O)OC[C@@H](O)COP(=O)(O)OC[C@@H](COC(=O)CCCCCCCCCC(C)C)OC(=O)CCCCCCCCCCCCCC. The highest BCUT2D eigenvalue weighted by atomic mass is 31.2. The molecule has 0 aromatic rings. The Morgan fingerprint density at radius 1 is 0.281 bits per heavy atom. The van der Waals surface area contributed by atoms with Crippen LogP contribution in [0, 0.1) is 11.8 Å². The molecule has 0 aromatic heterocycles. The lowest BCUT2D eigenvalue weighted by molar-refractivity contribution is -0.161. The van der Waals surface area contributed by atoms with Gasteiger partial charge in [0, 0.05) is 25.7 Å². The van der Waals surface area contributed by atoms with Crippen LogP contribution in [0.15, 0.2) is 0 Å². The van der Waals surface area contributed by atoms with Crippen molar-refractivity contribution >= 4 is 39.5 Å². The normalized spacial score (nSPS) is 14.0. The molecule has 0 saturated heterocycles. The molecule has 0 aliphatic carbocycles. The van der Waals surface area contributed by atoms with Crippen LogP contribution in [0.25, 0.3) is 0 Å². The Hall–Kier alpha value is -1.94. The van der Waals surface area contributed by atoms with E-state index in [-0.39, 0.29) is 25.7 Å². The van der Waals surface area contributed by atoms with Crippen molar-refractivity contribution in [2.75, 3.05) is 39.6 Å². The third kappa shape index (κ3) is 70.5. The number of esters is 4. The maximum atomic E-state index is 13.1. The van der Waals surface area contributed by atoms with Crippen LogP contribution in [0.5, 0.6) is 0 Å². The number of rotatable bonds is 76. The van der Waals surface area contributed by atoms with E-state index in [0.717, 1.165) is 102 Å². The molecule has 0 heterocycles. The zero-order valence-electron chi connectivity index (χ0n) is 62.7. The lowest BCUT2D eigenvalue weighted by atomic mass is 10.0. The number of aliphatic hydroxyl groups excluding tert-OH is 1. The molecule has 5 atom stereocenters. The Morgan fingerprint density at radius 2 is 0.479 bits per heavy atom. The Morgan fingerprint density at radius 3 is 0.708 bits per heavy atom. The van der Waals surface area contributed by atoms with Crippen LogP contribution >= 0.6 is 15.6 Å². The van der Waals surface area contributed by atoms with Gasteiger partial charge in [-0.2, -0.15) is 0 Å². The van der Waals surface area contributed by atoms with Crippen LogP contribution in [-0.2, 0) is 65.4 Å². The predicted molar refractivity (Wildman–Crippen MR) is 391 cm³/mol. The summed E-state index contributed by atoms with van der Waals surface area (Å²) >= 11 is 0. The van der Waals surface area contributed by atoms with Crippen LogP contribution in [0.4, 0.5) is 0 Å². The van der Waals surface area contributed by atoms with Gasteiger partial charge in [0.05, 0.1) is 26.4 Å². The second-order valence-electron chi connectivity index (χ2n) is 28.7. The Kier molecular flexibility index (Phi) is 67.4. The quantitative estimate of drug-likeness (QED) is 0.0222. The number of phosphoric acid groups is 2. The Labute approximate surface area is 588 Å². The second-order valence-corrected chi connectivity index (χ2v) is 31.6. The van der Waals surface area contributed by atoms with Crippen molar-refractivity contribution in [2.24, 2.45) is 11.8 Å². The molecular weight excluding hydrogens is 1260 g/mol. The van der Waals surface area contributed by atoms with Crippen LogP contribution in [0.2, 0.25) is 0 Å². The summed E-state index contributed by atoms with van der Waals surface area (Å²) in [6.07, 6.45) is 57.0. The molecule has 19 heteroatoms. The number of hydrogen-bond donors (Lipinski definition) is 3. The first kappa shape index (κ1) is 94.1. The number of ether oxygens (including phenoxy) is 4. The Balaban J connectivity index is 5.20. The highest BCUT2D eigenvalue weighted by molar-refractivity contribution is 7.47. The fourth-order valence-corrected chi connectivity index (χ4v) is 13.4. The van der Waals surface area contributed by atoms with Gasteiger partial charge in [0.15, 0.2) is 12.2 Å². The summed E-state index contributed by atoms with van der Waals surface area (Å²) in [6.45, 7) is 9.54. The average molecular weight is 1410 g/mol. The zero-order chi connectivity index (χ0) is 70.7. The molecule has 570 valence electrons. The first-order chi connectivity index (χ1) is 46.4. The highest BCUT2D eigenvalue weighted by Crippen LogP contribution is 2.45. The topological polar surface area (TPSA) is 237 Å². The van der Waals surface area contributed by atoms with Crippen molar-refractivity contribution in [1.82, 2.24) is 0 Å². The summed E-state index contributed by atoms with van der Waals surface area (Å²) in [5.74, 6) is -0.652. The van der Waals surface area contributed by atoms with Gasteiger partial charge in [0.25, 0.3) is 0 Å². The van der Waals surface area contributed by atoms with Gasteiger partial charge in [-0.25, -0.2) is 9.13 Å². The van der Waals surface area contributed by atoms with Gasteiger partial charge in [-0.3, -0.25) is 37.3 Å². The molecule has 0 amide bonds. The van der Waals surface area contributed by atoms with Crippen molar-refractivity contribution < 1.29 is 80.2 Å². The van der Waals surface area contributed by atoms with E-state index in [1.165, 1.54) is 212 Å². The van der Waals surface area contributed by atoms with E-state index in [0.29, 0.717) is 31.6 Å². The first-order valence-electron chi connectivity index (χ1n) is 40.0. The molecule has 0 fully saturated rings. The molecule has 17 nitrogen and oxygen atoms in total. The molecule has 0 radical (unpaired) electrons. The summed E-state index contributed by atoms with van der Waals surface area (Å²) in [7, 11) is -9.91. The molecule has 0 aliphatic rings. The molecular formula is C77H150O17P2. The molecule has 0 aromatic carbocycles. The maximum absolute atomic E-state index is 13.1. The number of aliphatic hydroxyl groups is 1. The number of hydrogen-bond acceptors (Lipinski definition) is 15. The molecule has 0 bridgehead atoms. The van der Waals surface area contributed by atoms with Crippen LogP contribution in [0.1, 0.15) is 401 Å². The van der Waals surface area contributed by atoms with Gasteiger partial charge in [0.2, 0.25) is 0 Å². The minimum atomic E-state index is -4.96. The second kappa shape index (κ2) is 68.8. The number of phosphoric ester groups is 2. The fourth-order valence-electron chi connectivity index (χ4n) is 11.8. The number of carbonyl (C=O) groups excluding carboxylic acids is 4. The third-order valence-corrected chi connectivity index (χ3v) is 19.9. The molecule has 96 heavy (non-hydrogen) atoms. The highest BCUT2D eigenvalue weighted by Gasteiger charge is 2.30. The van der Waals surface area contributed by atoms with Crippen LogP contribution in [-0.4, -0.2) is 96.7 Å². The molecule has 2 unspecified atom stereocenters. The molecule has 0 rings (SSSR count). The fraction of sp³-hybridized carbons (Fsp3) is 0.948. The van der Waals surface area contributed by atoms with E-state index in [2.05, 4.69) is 41.5 Å². The first-order valence-corrected chi connectivity index (χ1v) is 43.0. The lowest BCUT2D eigenvalue weighted by Crippen LogP contribution is -2.30. The number of carbonyl (C=O) groups is 4. The van der Waals surface area contributed by atoms with Gasteiger partial charge < -0.3 is 33.8 Å². The minimum Gasteiger partial charge on any atom is -0.462 e. The van der Waals surface area contributed by atoms with Crippen molar-refractivity contribution in [3.05, 3.63) is 0 Å². The maximum Gasteiger partial charge on any atom is 0.472 e. The Bertz CT molecular complexity index is 1860. The van der Waals surface area contributed by atoms with Gasteiger partial charge in [-0.15, -0.1) is 0 Å². The zero-order valence-corrected chi connectivity index (χ0v) is 64.5. The van der Waals surface area contributed by atoms with Crippen molar-refractivity contribution in [2.45, 2.75) is 419 Å². The molecule has 0 saturated carbocycles. The van der Waals surface area contributed by atoms with Crippen LogP contribution < -0.4 is 0 Å².